The van der Waals surface area contributed by atoms with Crippen molar-refractivity contribution in [3.8, 4) is 0 Å². The van der Waals surface area contributed by atoms with Gasteiger partial charge in [0.1, 0.15) is 0 Å². The molecule has 2 atom stereocenters. The zero-order chi connectivity index (χ0) is 10.9. The zero-order valence-corrected chi connectivity index (χ0v) is 8.30. The minimum absolute atomic E-state index is 0.214. The summed E-state index contributed by atoms with van der Waals surface area (Å²) in [6.45, 7) is 3.76. The van der Waals surface area contributed by atoms with Gasteiger partial charge < -0.3 is 15.1 Å². The van der Waals surface area contributed by atoms with Crippen molar-refractivity contribution in [2.75, 3.05) is 6.54 Å². The van der Waals surface area contributed by atoms with E-state index in [1.54, 1.807) is 13.8 Å². The number of carbonyl (C=O) groups excluding carboxylic acids is 1. The highest BCUT2D eigenvalue weighted by molar-refractivity contribution is 5.85. The molecule has 5 heteroatoms. The Morgan fingerprint density at radius 2 is 2.00 bits per heavy atom. The second-order valence-corrected chi connectivity index (χ2v) is 3.83. The molecule has 0 aromatic rings. The summed E-state index contributed by atoms with van der Waals surface area (Å²) in [6, 6.07) is -1.06. The molecule has 0 spiro atoms. The van der Waals surface area contributed by atoms with Gasteiger partial charge in [-0.15, -0.1) is 0 Å². The molecule has 0 aromatic carbocycles. The van der Waals surface area contributed by atoms with Gasteiger partial charge in [0.15, 0.2) is 6.04 Å². The molecule has 5 nitrogen and oxygen atoms in total. The molecular weight excluding hydrogens is 186 g/mol. The van der Waals surface area contributed by atoms with E-state index in [4.69, 9.17) is 5.11 Å². The second kappa shape index (κ2) is 3.96. The number of aliphatic hydroxyl groups excluding tert-OH is 1. The lowest BCUT2D eigenvalue weighted by molar-refractivity contribution is -0.152. The number of likely N-dealkylation sites (tertiary alicyclic amines) is 1. The van der Waals surface area contributed by atoms with Crippen molar-refractivity contribution < 1.29 is 19.8 Å². The van der Waals surface area contributed by atoms with Crippen LogP contribution in [0.5, 0.6) is 0 Å². The molecule has 0 unspecified atom stereocenters. The lowest BCUT2D eigenvalue weighted by Gasteiger charge is -2.24. The van der Waals surface area contributed by atoms with Gasteiger partial charge >= 0.3 is 5.97 Å². The summed E-state index contributed by atoms with van der Waals surface area (Å²) in [5.41, 5.74) is 0. The largest absolute Gasteiger partial charge is 0.480 e. The molecule has 0 bridgehead atoms. The van der Waals surface area contributed by atoms with Crippen LogP contribution in [-0.4, -0.2) is 45.7 Å². The maximum atomic E-state index is 11.6. The van der Waals surface area contributed by atoms with Crippen molar-refractivity contribution in [2.24, 2.45) is 5.92 Å². The van der Waals surface area contributed by atoms with Crippen LogP contribution in [0.4, 0.5) is 0 Å². The van der Waals surface area contributed by atoms with Crippen LogP contribution in [0, 0.1) is 5.92 Å². The Bertz CT molecular complexity index is 251. The number of carbonyl (C=O) groups is 2. The van der Waals surface area contributed by atoms with Crippen LogP contribution < -0.4 is 0 Å². The summed E-state index contributed by atoms with van der Waals surface area (Å²) < 4.78 is 0. The first-order chi connectivity index (χ1) is 6.45. The number of carboxylic acids is 1. The van der Waals surface area contributed by atoms with E-state index in [0.717, 1.165) is 0 Å². The van der Waals surface area contributed by atoms with Crippen molar-refractivity contribution in [1.82, 2.24) is 4.90 Å². The number of carboxylic acid groups (broad SMARTS) is 1. The molecule has 1 rings (SSSR count). The van der Waals surface area contributed by atoms with Crippen LogP contribution in [-0.2, 0) is 9.59 Å². The predicted molar refractivity (Wildman–Crippen MR) is 48.6 cm³/mol. The minimum atomic E-state index is -1.14. The summed E-state index contributed by atoms with van der Waals surface area (Å²) in [5.74, 6) is -1.58. The topological polar surface area (TPSA) is 77.8 Å². The van der Waals surface area contributed by atoms with E-state index in [2.05, 4.69) is 0 Å². The fourth-order valence-corrected chi connectivity index (χ4v) is 1.65. The molecule has 0 aliphatic carbocycles. The smallest absolute Gasteiger partial charge is 0.329 e. The fourth-order valence-electron chi connectivity index (χ4n) is 1.65. The third-order valence-electron chi connectivity index (χ3n) is 2.40. The molecule has 14 heavy (non-hydrogen) atoms. The van der Waals surface area contributed by atoms with Gasteiger partial charge in [0.2, 0.25) is 5.91 Å². The monoisotopic (exact) mass is 201 g/mol. The predicted octanol–water partition coefficient (Wildman–Crippen LogP) is -0.311. The molecule has 1 aliphatic heterocycles. The first-order valence-corrected chi connectivity index (χ1v) is 4.66. The quantitative estimate of drug-likeness (QED) is 0.642. The normalized spacial score (nSPS) is 27.0. The van der Waals surface area contributed by atoms with E-state index in [1.807, 2.05) is 0 Å². The molecule has 1 heterocycles. The van der Waals surface area contributed by atoms with Crippen LogP contribution >= 0.6 is 0 Å². The SMILES string of the molecule is CC(C)C(=O)N1CC[C@H](O)[C@H]1C(=O)O. The Balaban J connectivity index is 2.79. The number of aliphatic hydroxyl groups is 1. The lowest BCUT2D eigenvalue weighted by atomic mass is 10.1. The van der Waals surface area contributed by atoms with Crippen molar-refractivity contribution in [3.05, 3.63) is 0 Å². The number of amides is 1. The highest BCUT2D eigenvalue weighted by Crippen LogP contribution is 2.20. The van der Waals surface area contributed by atoms with Gasteiger partial charge in [-0.1, -0.05) is 13.8 Å². The Labute approximate surface area is 82.3 Å². The van der Waals surface area contributed by atoms with Crippen molar-refractivity contribution in [2.45, 2.75) is 32.4 Å². The Morgan fingerprint density at radius 1 is 1.43 bits per heavy atom. The van der Waals surface area contributed by atoms with Crippen molar-refractivity contribution in [3.63, 3.8) is 0 Å². The fraction of sp³-hybridized carbons (Fsp3) is 0.778. The van der Waals surface area contributed by atoms with E-state index in [-0.39, 0.29) is 11.8 Å². The van der Waals surface area contributed by atoms with Gasteiger partial charge in [-0.25, -0.2) is 4.79 Å². The standard InChI is InChI=1S/C9H15NO4/c1-5(2)8(12)10-4-3-6(11)7(10)9(13)14/h5-7,11H,3-4H2,1-2H3,(H,13,14)/t6-,7-/m0/s1. The lowest BCUT2D eigenvalue weighted by Crippen LogP contribution is -2.46. The molecule has 1 amide bonds. The molecule has 1 fully saturated rings. The summed E-state index contributed by atoms with van der Waals surface area (Å²) in [7, 11) is 0. The van der Waals surface area contributed by atoms with Gasteiger partial charge in [0.25, 0.3) is 0 Å². The van der Waals surface area contributed by atoms with E-state index in [9.17, 15) is 14.7 Å². The average molecular weight is 201 g/mol. The van der Waals surface area contributed by atoms with Crippen LogP contribution in [0.15, 0.2) is 0 Å². The molecule has 1 aliphatic rings. The zero-order valence-electron chi connectivity index (χ0n) is 8.30. The van der Waals surface area contributed by atoms with Crippen molar-refractivity contribution in [1.29, 1.82) is 0 Å². The molecule has 2 N–H and O–H groups in total. The van der Waals surface area contributed by atoms with Crippen molar-refractivity contribution >= 4 is 11.9 Å². The van der Waals surface area contributed by atoms with E-state index < -0.39 is 18.1 Å². The summed E-state index contributed by atoms with van der Waals surface area (Å²) in [4.78, 5) is 23.6. The average Bonchev–Trinajstić information content (AvgIpc) is 2.45. The Kier molecular flexibility index (Phi) is 3.10. The van der Waals surface area contributed by atoms with Crippen LogP contribution in [0.2, 0.25) is 0 Å². The minimum Gasteiger partial charge on any atom is -0.480 e. The third-order valence-corrected chi connectivity index (χ3v) is 2.40. The molecule has 80 valence electrons. The molecule has 0 aromatic heterocycles. The number of nitrogens with zero attached hydrogens (tertiary/aromatic N) is 1. The molecule has 0 saturated carbocycles. The van der Waals surface area contributed by atoms with Gasteiger partial charge in [-0.05, 0) is 6.42 Å². The van der Waals surface area contributed by atoms with Crippen LogP contribution in [0.25, 0.3) is 0 Å². The third kappa shape index (κ3) is 1.87. The summed E-state index contributed by atoms with van der Waals surface area (Å²) >= 11 is 0. The first kappa shape index (κ1) is 11.0. The van der Waals surface area contributed by atoms with E-state index in [1.165, 1.54) is 4.90 Å². The van der Waals surface area contributed by atoms with Crippen LogP contribution in [0.1, 0.15) is 20.3 Å². The molecule has 1 saturated heterocycles. The number of rotatable bonds is 2. The Morgan fingerprint density at radius 3 is 2.43 bits per heavy atom. The van der Waals surface area contributed by atoms with E-state index in [0.29, 0.717) is 13.0 Å². The second-order valence-electron chi connectivity index (χ2n) is 3.83. The highest BCUT2D eigenvalue weighted by atomic mass is 16.4. The van der Waals surface area contributed by atoms with Gasteiger partial charge in [0, 0.05) is 12.5 Å². The summed E-state index contributed by atoms with van der Waals surface area (Å²) in [6.07, 6.45) is -0.592. The van der Waals surface area contributed by atoms with Gasteiger partial charge in [-0.2, -0.15) is 0 Å². The molecule has 0 radical (unpaired) electrons. The summed E-state index contributed by atoms with van der Waals surface area (Å²) in [5, 5.41) is 18.2. The maximum Gasteiger partial charge on any atom is 0.329 e. The van der Waals surface area contributed by atoms with E-state index >= 15 is 0 Å². The van der Waals surface area contributed by atoms with Gasteiger partial charge in [-0.3, -0.25) is 4.79 Å². The Hall–Kier alpha value is -1.10. The first-order valence-electron chi connectivity index (χ1n) is 4.66. The van der Waals surface area contributed by atoms with Crippen LogP contribution in [0.3, 0.4) is 0 Å². The highest BCUT2D eigenvalue weighted by Gasteiger charge is 2.41. The number of hydrogen-bond donors (Lipinski definition) is 2. The van der Waals surface area contributed by atoms with Gasteiger partial charge in [0.05, 0.1) is 6.10 Å². The molecular formula is C9H15NO4. The number of hydrogen-bond acceptors (Lipinski definition) is 3. The number of aliphatic carboxylic acids is 1. The maximum absolute atomic E-state index is 11.6.